The monoisotopic (exact) mass is 426 g/mol. The summed E-state index contributed by atoms with van der Waals surface area (Å²) in [5, 5.41) is 2.23. The fourth-order valence-electron chi connectivity index (χ4n) is 5.36. The summed E-state index contributed by atoms with van der Waals surface area (Å²) < 4.78 is 0. The van der Waals surface area contributed by atoms with Crippen molar-refractivity contribution in [1.82, 2.24) is 15.1 Å². The summed E-state index contributed by atoms with van der Waals surface area (Å²) >= 11 is 0. The van der Waals surface area contributed by atoms with Crippen molar-refractivity contribution < 1.29 is 19.2 Å². The number of amides is 4. The summed E-state index contributed by atoms with van der Waals surface area (Å²) in [6.45, 7) is 6.37. The molecule has 1 saturated heterocycles. The third kappa shape index (κ3) is 3.63. The van der Waals surface area contributed by atoms with Crippen molar-refractivity contribution in [2.75, 3.05) is 25.0 Å². The zero-order valence-electron chi connectivity index (χ0n) is 18.4. The average molecular weight is 427 g/mol. The second-order valence-electron chi connectivity index (χ2n) is 8.57. The fourth-order valence-corrected chi connectivity index (χ4v) is 5.36. The average Bonchev–Trinajstić information content (AvgIpc) is 3.33. The van der Waals surface area contributed by atoms with Gasteiger partial charge < -0.3 is 4.90 Å². The summed E-state index contributed by atoms with van der Waals surface area (Å²) in [5.74, 6) is -1.89. The Labute approximate surface area is 182 Å². The molecular weight excluding hydrogens is 396 g/mol. The van der Waals surface area contributed by atoms with E-state index in [9.17, 15) is 19.2 Å². The highest BCUT2D eigenvalue weighted by Gasteiger charge is 2.45. The normalized spacial score (nSPS) is 25.9. The minimum absolute atomic E-state index is 0.117. The predicted octanol–water partition coefficient (Wildman–Crippen LogP) is 1.79. The smallest absolute Gasteiger partial charge is 0.262 e. The molecule has 2 aliphatic heterocycles. The van der Waals surface area contributed by atoms with Crippen LogP contribution in [0.2, 0.25) is 0 Å². The molecule has 4 rings (SSSR count). The van der Waals surface area contributed by atoms with E-state index >= 15 is 0 Å². The molecule has 4 amide bonds. The van der Waals surface area contributed by atoms with Gasteiger partial charge in [0.25, 0.3) is 11.8 Å². The van der Waals surface area contributed by atoms with E-state index in [-0.39, 0.29) is 18.7 Å². The van der Waals surface area contributed by atoms with Crippen LogP contribution >= 0.6 is 0 Å². The van der Waals surface area contributed by atoms with Gasteiger partial charge >= 0.3 is 0 Å². The number of nitrogens with zero attached hydrogens (tertiary/aromatic N) is 3. The number of rotatable bonds is 6. The molecule has 2 heterocycles. The summed E-state index contributed by atoms with van der Waals surface area (Å²) in [7, 11) is 2.05. The molecule has 3 atom stereocenters. The van der Waals surface area contributed by atoms with Crippen molar-refractivity contribution in [3.63, 3.8) is 0 Å². The minimum atomic E-state index is -0.937. The van der Waals surface area contributed by atoms with E-state index in [1.54, 1.807) is 12.1 Å². The summed E-state index contributed by atoms with van der Waals surface area (Å²) in [6.07, 6.45) is 3.69. The molecule has 1 saturated carbocycles. The molecule has 8 nitrogen and oxygen atoms in total. The van der Waals surface area contributed by atoms with Crippen LogP contribution in [0.15, 0.2) is 18.2 Å². The van der Waals surface area contributed by atoms with Gasteiger partial charge in [0.05, 0.1) is 11.1 Å². The predicted molar refractivity (Wildman–Crippen MR) is 116 cm³/mol. The first-order valence-corrected chi connectivity index (χ1v) is 11.2. The first kappa shape index (κ1) is 21.5. The molecule has 1 aliphatic carbocycles. The molecule has 31 heavy (non-hydrogen) atoms. The molecule has 0 spiro atoms. The van der Waals surface area contributed by atoms with E-state index < -0.39 is 23.8 Å². The minimum Gasteiger partial charge on any atom is -0.370 e. The van der Waals surface area contributed by atoms with Gasteiger partial charge in [0, 0.05) is 31.2 Å². The van der Waals surface area contributed by atoms with E-state index in [0.29, 0.717) is 23.2 Å². The van der Waals surface area contributed by atoms with Crippen LogP contribution < -0.4 is 10.2 Å². The maximum atomic E-state index is 13.1. The van der Waals surface area contributed by atoms with E-state index in [2.05, 4.69) is 29.0 Å². The van der Waals surface area contributed by atoms with E-state index in [4.69, 9.17) is 0 Å². The van der Waals surface area contributed by atoms with Crippen molar-refractivity contribution in [3.8, 4) is 0 Å². The van der Waals surface area contributed by atoms with Crippen molar-refractivity contribution >= 4 is 29.3 Å². The second kappa shape index (κ2) is 8.42. The lowest BCUT2D eigenvalue weighted by Gasteiger charge is -2.37. The number of piperidine rings is 1. The van der Waals surface area contributed by atoms with Crippen molar-refractivity contribution in [3.05, 3.63) is 29.3 Å². The highest BCUT2D eigenvalue weighted by Crippen LogP contribution is 2.34. The summed E-state index contributed by atoms with van der Waals surface area (Å²) in [4.78, 5) is 55.4. The first-order chi connectivity index (χ1) is 14.9. The van der Waals surface area contributed by atoms with Crippen molar-refractivity contribution in [1.29, 1.82) is 0 Å². The van der Waals surface area contributed by atoms with E-state index in [1.807, 2.05) is 13.1 Å². The van der Waals surface area contributed by atoms with Gasteiger partial charge in [0.15, 0.2) is 0 Å². The van der Waals surface area contributed by atoms with Gasteiger partial charge in [-0.2, -0.15) is 0 Å². The molecule has 2 fully saturated rings. The van der Waals surface area contributed by atoms with Gasteiger partial charge in [-0.25, -0.2) is 0 Å². The lowest BCUT2D eigenvalue weighted by atomic mass is 10.0. The number of carbonyl (C=O) groups is 4. The maximum Gasteiger partial charge on any atom is 0.262 e. The summed E-state index contributed by atoms with van der Waals surface area (Å²) in [5.41, 5.74) is 1.55. The molecule has 1 unspecified atom stereocenters. The zero-order valence-corrected chi connectivity index (χ0v) is 18.4. The summed E-state index contributed by atoms with van der Waals surface area (Å²) in [6, 6.07) is 5.22. The van der Waals surface area contributed by atoms with Crippen LogP contribution in [-0.4, -0.2) is 71.7 Å². The Morgan fingerprint density at radius 1 is 0.968 bits per heavy atom. The number of imide groups is 2. The Morgan fingerprint density at radius 3 is 2.32 bits per heavy atom. The third-order valence-electron chi connectivity index (χ3n) is 7.05. The Morgan fingerprint density at radius 2 is 1.65 bits per heavy atom. The van der Waals surface area contributed by atoms with Gasteiger partial charge in [-0.1, -0.05) is 13.8 Å². The fraction of sp³-hybridized carbons (Fsp3) is 0.565. The van der Waals surface area contributed by atoms with Crippen molar-refractivity contribution in [2.45, 2.75) is 64.1 Å². The van der Waals surface area contributed by atoms with Gasteiger partial charge in [-0.3, -0.25) is 34.3 Å². The lowest BCUT2D eigenvalue weighted by Crippen LogP contribution is -2.54. The first-order valence-electron chi connectivity index (χ1n) is 11.2. The Bertz CT molecular complexity index is 926. The number of likely N-dealkylation sites (N-methyl/N-ethyl adjacent to an activating group) is 2. The second-order valence-corrected chi connectivity index (χ2v) is 8.57. The quantitative estimate of drug-likeness (QED) is 0.698. The third-order valence-corrected chi connectivity index (χ3v) is 7.05. The number of anilines is 1. The Balaban J connectivity index is 1.58. The van der Waals surface area contributed by atoms with Crippen LogP contribution in [0.25, 0.3) is 0 Å². The number of hydrogen-bond donors (Lipinski definition) is 1. The van der Waals surface area contributed by atoms with Crippen molar-refractivity contribution in [2.24, 2.45) is 0 Å². The molecule has 0 radical (unpaired) electrons. The van der Waals surface area contributed by atoms with Crippen LogP contribution in [0.4, 0.5) is 5.69 Å². The molecule has 8 heteroatoms. The number of nitrogens with one attached hydrogen (secondary N) is 1. The van der Waals surface area contributed by atoms with Gasteiger partial charge in [-0.05, 0) is 57.0 Å². The number of hydrogen-bond acceptors (Lipinski definition) is 6. The number of carbonyl (C=O) groups excluding carboxylic acids is 4. The molecular formula is C23H30N4O4. The highest BCUT2D eigenvalue weighted by molar-refractivity contribution is 6.23. The SMILES string of the molecule is CCN(CC)[C@H]1CCC[C@H]1N(C)c1ccc2c(c1)C(=O)N(C1CCC(=O)NC1=O)C2=O. The van der Waals surface area contributed by atoms with Crippen LogP contribution in [-0.2, 0) is 9.59 Å². The van der Waals surface area contributed by atoms with Gasteiger partial charge in [0.2, 0.25) is 11.8 Å². The van der Waals surface area contributed by atoms with Gasteiger partial charge in [0.1, 0.15) is 6.04 Å². The van der Waals surface area contributed by atoms with Gasteiger partial charge in [-0.15, -0.1) is 0 Å². The van der Waals surface area contributed by atoms with E-state index in [1.165, 1.54) is 6.42 Å². The molecule has 1 aromatic carbocycles. The maximum absolute atomic E-state index is 13.1. The Hall–Kier alpha value is -2.74. The topological polar surface area (TPSA) is 90.0 Å². The molecule has 166 valence electrons. The largest absolute Gasteiger partial charge is 0.370 e. The molecule has 3 aliphatic rings. The molecule has 1 N–H and O–H groups in total. The number of fused-ring (bicyclic) bond motifs is 1. The van der Waals surface area contributed by atoms with Crippen LogP contribution in [0.1, 0.15) is 66.7 Å². The lowest BCUT2D eigenvalue weighted by molar-refractivity contribution is -0.136. The zero-order chi connectivity index (χ0) is 22.3. The molecule has 1 aromatic rings. The van der Waals surface area contributed by atoms with Crippen LogP contribution in [0.5, 0.6) is 0 Å². The van der Waals surface area contributed by atoms with Crippen LogP contribution in [0, 0.1) is 0 Å². The standard InChI is InChI=1S/C23H30N4O4/c1-4-26(5-2)18-8-6-7-17(18)25(3)14-9-10-15-16(13-14)23(31)27(22(15)30)19-11-12-20(28)24-21(19)29/h9-10,13,17-19H,4-8,11-12H2,1-3H3,(H,24,28,29)/t17-,18+,19?/m1/s1. The Kier molecular flexibility index (Phi) is 5.83. The molecule has 0 bridgehead atoms. The van der Waals surface area contributed by atoms with Crippen LogP contribution in [0.3, 0.4) is 0 Å². The molecule has 0 aromatic heterocycles. The van der Waals surface area contributed by atoms with E-state index in [0.717, 1.165) is 36.5 Å². The highest BCUT2D eigenvalue weighted by atomic mass is 16.2. The number of benzene rings is 1.